The molecule has 0 saturated carbocycles. The summed E-state index contributed by atoms with van der Waals surface area (Å²) in [6.07, 6.45) is 4.84. The number of sulfonamides is 1. The van der Waals surface area contributed by atoms with Crippen LogP contribution in [-0.2, 0) is 23.1 Å². The molecule has 1 aliphatic rings. The van der Waals surface area contributed by atoms with Crippen molar-refractivity contribution < 1.29 is 8.42 Å². The van der Waals surface area contributed by atoms with Gasteiger partial charge in [-0.2, -0.15) is 4.31 Å². The molecule has 32 heavy (non-hydrogen) atoms. The molecule has 0 atom stereocenters. The highest BCUT2D eigenvalue weighted by atomic mass is 127. The number of guanidine groups is 1. The first-order valence-electron chi connectivity index (χ1n) is 10.4. The lowest BCUT2D eigenvalue weighted by molar-refractivity contribution is 0.346. The van der Waals surface area contributed by atoms with Crippen LogP contribution in [0.25, 0.3) is 5.65 Å². The normalized spacial score (nSPS) is 15.3. The summed E-state index contributed by atoms with van der Waals surface area (Å²) in [5.41, 5.74) is 1.66. The zero-order valence-electron chi connectivity index (χ0n) is 17.9. The molecule has 1 aliphatic heterocycles. The molecule has 0 radical (unpaired) electrons. The van der Waals surface area contributed by atoms with Gasteiger partial charge in [0.25, 0.3) is 0 Å². The number of hydrogen-bond donors (Lipinski definition) is 2. The van der Waals surface area contributed by atoms with Gasteiger partial charge in [0.05, 0.1) is 11.4 Å². The maximum Gasteiger partial charge on any atom is 0.243 e. The van der Waals surface area contributed by atoms with Gasteiger partial charge in [0, 0.05) is 32.9 Å². The van der Waals surface area contributed by atoms with Gasteiger partial charge in [0.15, 0.2) is 17.4 Å². The van der Waals surface area contributed by atoms with E-state index in [-0.39, 0.29) is 24.0 Å². The van der Waals surface area contributed by atoms with Gasteiger partial charge in [0.2, 0.25) is 10.0 Å². The summed E-state index contributed by atoms with van der Waals surface area (Å²) in [7, 11) is -1.76. The number of halogens is 1. The van der Waals surface area contributed by atoms with Gasteiger partial charge < -0.3 is 10.6 Å². The van der Waals surface area contributed by atoms with Gasteiger partial charge in [-0.05, 0) is 42.7 Å². The zero-order valence-corrected chi connectivity index (χ0v) is 21.1. The Hall–Kier alpha value is -2.25. The van der Waals surface area contributed by atoms with Crippen LogP contribution in [0, 0.1) is 0 Å². The molecular formula is C21H28IN7O2S. The van der Waals surface area contributed by atoms with E-state index in [1.54, 1.807) is 29.6 Å². The minimum Gasteiger partial charge on any atom is -0.352 e. The molecule has 9 nitrogen and oxygen atoms in total. The Kier molecular flexibility index (Phi) is 8.43. The fourth-order valence-electron chi connectivity index (χ4n) is 3.65. The Morgan fingerprint density at radius 2 is 1.81 bits per heavy atom. The van der Waals surface area contributed by atoms with Gasteiger partial charge in [-0.3, -0.25) is 9.39 Å². The van der Waals surface area contributed by atoms with Crippen molar-refractivity contribution in [1.82, 2.24) is 29.5 Å². The Morgan fingerprint density at radius 3 is 2.59 bits per heavy atom. The van der Waals surface area contributed by atoms with Gasteiger partial charge in [-0.15, -0.1) is 34.2 Å². The smallest absolute Gasteiger partial charge is 0.243 e. The van der Waals surface area contributed by atoms with Crippen molar-refractivity contribution in [1.29, 1.82) is 0 Å². The van der Waals surface area contributed by atoms with Gasteiger partial charge >= 0.3 is 0 Å². The molecule has 1 fully saturated rings. The van der Waals surface area contributed by atoms with Crippen molar-refractivity contribution in [2.45, 2.75) is 37.2 Å². The fourth-order valence-corrected chi connectivity index (χ4v) is 5.24. The molecule has 4 rings (SSSR count). The average Bonchev–Trinajstić information content (AvgIpc) is 3.23. The quantitative estimate of drug-likeness (QED) is 0.269. The summed E-state index contributed by atoms with van der Waals surface area (Å²) in [6, 6.07) is 12.8. The molecule has 0 aliphatic carbocycles. The molecule has 3 heterocycles. The SMILES string of the molecule is CN=C(NCc1cccc(S(=O)(=O)N2CCCCC2)c1)NCc1nnc2ccccn12.I. The minimum atomic E-state index is -3.45. The Balaban J connectivity index is 0.00000289. The van der Waals surface area contributed by atoms with Crippen LogP contribution in [0.3, 0.4) is 0 Å². The Morgan fingerprint density at radius 1 is 1.03 bits per heavy atom. The third-order valence-electron chi connectivity index (χ3n) is 5.33. The summed E-state index contributed by atoms with van der Waals surface area (Å²) >= 11 is 0. The van der Waals surface area contributed by atoms with E-state index in [1.807, 2.05) is 34.9 Å². The number of aliphatic imine (C=N–C) groups is 1. The van der Waals surface area contributed by atoms with E-state index in [2.05, 4.69) is 25.8 Å². The van der Waals surface area contributed by atoms with E-state index in [0.29, 0.717) is 37.0 Å². The largest absolute Gasteiger partial charge is 0.352 e. The standard InChI is InChI=1S/C21H27N7O2S.HI/c1-22-21(24-16-20-26-25-19-10-3-6-13-28(19)20)23-15-17-8-7-9-18(14-17)31(29,30)27-11-4-2-5-12-27;/h3,6-10,13-14H,2,4-5,11-12,15-16H2,1H3,(H2,22,23,24);1H. The van der Waals surface area contributed by atoms with Crippen LogP contribution in [0.5, 0.6) is 0 Å². The van der Waals surface area contributed by atoms with Crippen LogP contribution in [0.4, 0.5) is 0 Å². The van der Waals surface area contributed by atoms with E-state index in [1.165, 1.54) is 0 Å². The number of rotatable bonds is 6. The molecule has 0 unspecified atom stereocenters. The van der Waals surface area contributed by atoms with E-state index in [4.69, 9.17) is 0 Å². The van der Waals surface area contributed by atoms with Crippen LogP contribution in [0.1, 0.15) is 30.7 Å². The monoisotopic (exact) mass is 569 g/mol. The molecule has 2 N–H and O–H groups in total. The van der Waals surface area contributed by atoms with Crippen molar-refractivity contribution >= 4 is 45.6 Å². The lowest BCUT2D eigenvalue weighted by Gasteiger charge is -2.26. The van der Waals surface area contributed by atoms with Crippen LogP contribution in [0.2, 0.25) is 0 Å². The molecule has 1 aromatic carbocycles. The molecule has 0 bridgehead atoms. The van der Waals surface area contributed by atoms with E-state index in [0.717, 1.165) is 36.3 Å². The van der Waals surface area contributed by atoms with Crippen LogP contribution in [-0.4, -0.2) is 53.4 Å². The lowest BCUT2D eigenvalue weighted by atomic mass is 10.2. The van der Waals surface area contributed by atoms with Crippen molar-refractivity contribution in [3.63, 3.8) is 0 Å². The minimum absolute atomic E-state index is 0. The summed E-state index contributed by atoms with van der Waals surface area (Å²) in [6.45, 7) is 2.09. The maximum absolute atomic E-state index is 12.9. The third-order valence-corrected chi connectivity index (χ3v) is 7.23. The molecule has 2 aromatic heterocycles. The molecule has 0 amide bonds. The van der Waals surface area contributed by atoms with Crippen molar-refractivity contribution in [3.05, 3.63) is 60.0 Å². The third kappa shape index (κ3) is 5.56. The van der Waals surface area contributed by atoms with E-state index in [9.17, 15) is 8.42 Å². The number of pyridine rings is 1. The van der Waals surface area contributed by atoms with Gasteiger partial charge in [-0.25, -0.2) is 8.42 Å². The summed E-state index contributed by atoms with van der Waals surface area (Å²) < 4.78 is 29.4. The molecular weight excluding hydrogens is 541 g/mol. The second-order valence-electron chi connectivity index (χ2n) is 7.44. The maximum atomic E-state index is 12.9. The predicted molar refractivity (Wildman–Crippen MR) is 134 cm³/mol. The summed E-state index contributed by atoms with van der Waals surface area (Å²) in [4.78, 5) is 4.58. The number of nitrogens with one attached hydrogen (secondary N) is 2. The highest BCUT2D eigenvalue weighted by molar-refractivity contribution is 14.0. The van der Waals surface area contributed by atoms with Crippen LogP contribution >= 0.6 is 24.0 Å². The number of hydrogen-bond acceptors (Lipinski definition) is 5. The second-order valence-corrected chi connectivity index (χ2v) is 9.37. The van der Waals surface area contributed by atoms with Crippen molar-refractivity contribution in [2.75, 3.05) is 20.1 Å². The number of aromatic nitrogens is 3. The van der Waals surface area contributed by atoms with E-state index < -0.39 is 10.0 Å². The molecule has 0 spiro atoms. The number of benzene rings is 1. The highest BCUT2D eigenvalue weighted by Gasteiger charge is 2.25. The number of fused-ring (bicyclic) bond motifs is 1. The molecule has 11 heteroatoms. The lowest BCUT2D eigenvalue weighted by Crippen LogP contribution is -2.37. The first-order valence-corrected chi connectivity index (χ1v) is 11.8. The fraction of sp³-hybridized carbons (Fsp3) is 0.381. The van der Waals surface area contributed by atoms with Gasteiger partial charge in [-0.1, -0.05) is 24.6 Å². The summed E-state index contributed by atoms with van der Waals surface area (Å²) in [5.74, 6) is 1.37. The Labute approximate surface area is 205 Å². The number of nitrogens with zero attached hydrogens (tertiary/aromatic N) is 5. The van der Waals surface area contributed by atoms with Crippen LogP contribution < -0.4 is 10.6 Å². The van der Waals surface area contributed by atoms with Crippen LogP contribution in [0.15, 0.2) is 58.5 Å². The van der Waals surface area contributed by atoms with Crippen molar-refractivity contribution in [2.24, 2.45) is 4.99 Å². The number of piperidine rings is 1. The molecule has 3 aromatic rings. The zero-order chi connectivity index (χ0) is 21.7. The molecule has 1 saturated heterocycles. The first kappa shape index (κ1) is 24.4. The second kappa shape index (κ2) is 11.1. The van der Waals surface area contributed by atoms with Gasteiger partial charge in [0.1, 0.15) is 0 Å². The van der Waals surface area contributed by atoms with E-state index >= 15 is 0 Å². The predicted octanol–water partition coefficient (Wildman–Crippen LogP) is 2.39. The topological polar surface area (TPSA) is 104 Å². The first-order chi connectivity index (χ1) is 15.1. The summed E-state index contributed by atoms with van der Waals surface area (Å²) in [5, 5.41) is 14.8. The highest BCUT2D eigenvalue weighted by Crippen LogP contribution is 2.21. The Bertz CT molecular complexity index is 1170. The van der Waals surface area contributed by atoms with Crippen molar-refractivity contribution in [3.8, 4) is 0 Å². The average molecular weight is 569 g/mol. The molecule has 172 valence electrons.